The maximum atomic E-state index is 13.2. The Balaban J connectivity index is 1.43. The number of rotatable bonds is 5. The second-order valence-electron chi connectivity index (χ2n) is 7.99. The van der Waals surface area contributed by atoms with Crippen molar-refractivity contribution < 1.29 is 36.7 Å². The molecule has 10 nitrogen and oxygen atoms in total. The Hall–Kier alpha value is -3.18. The van der Waals surface area contributed by atoms with Gasteiger partial charge in [0, 0.05) is 32.6 Å². The van der Waals surface area contributed by atoms with Crippen LogP contribution in [0.4, 0.5) is 0 Å². The number of ether oxygens (including phenoxy) is 2. The number of amides is 1. The lowest BCUT2D eigenvalue weighted by Gasteiger charge is -2.40. The first kappa shape index (κ1) is 23.0. The van der Waals surface area contributed by atoms with E-state index in [1.165, 1.54) is 21.3 Å². The van der Waals surface area contributed by atoms with Crippen molar-refractivity contribution in [2.75, 3.05) is 32.8 Å². The first-order valence-corrected chi connectivity index (χ1v) is 12.0. The lowest BCUT2D eigenvalue weighted by atomic mass is 9.89. The molecular weight excluding hydrogens is 452 g/mol. The van der Waals surface area contributed by atoms with E-state index in [2.05, 4.69) is 0 Å². The number of hydrogen-bond acceptors (Lipinski definition) is 8. The molecule has 1 fully saturated rings. The molecule has 1 aromatic heterocycles. The fraction of sp³-hybridized carbons (Fsp3) is 0.409. The molecule has 2 aliphatic rings. The van der Waals surface area contributed by atoms with E-state index in [4.69, 9.17) is 13.9 Å². The summed E-state index contributed by atoms with van der Waals surface area (Å²) in [5.41, 5.74) is -0.178. The van der Waals surface area contributed by atoms with E-state index in [9.17, 15) is 22.8 Å². The quantitative estimate of drug-likeness (QED) is 0.594. The summed E-state index contributed by atoms with van der Waals surface area (Å²) in [7, 11) is -3.99. The van der Waals surface area contributed by atoms with Crippen LogP contribution in [0.5, 0.6) is 0 Å². The van der Waals surface area contributed by atoms with Gasteiger partial charge in [-0.25, -0.2) is 18.0 Å². The molecular formula is C22H24N2O8S. The smallest absolute Gasteiger partial charge is 0.374 e. The number of nitrogens with zero attached hydrogens (tertiary/aromatic N) is 2. The summed E-state index contributed by atoms with van der Waals surface area (Å²) in [6.45, 7) is 3.65. The standard InChI is InChI=1S/C22H24N2O8S/c1-3-30-20(26)17-8-9-18(31-17)33(28,29)24-12-10-23(11-13-24)21(27)22(2)14-15-6-4-5-7-16(15)19(25)32-22/h4-9H,3,10-14H2,1-2H3. The first-order chi connectivity index (χ1) is 15.7. The van der Waals surface area contributed by atoms with Gasteiger partial charge in [0.25, 0.3) is 15.9 Å². The molecule has 2 aromatic rings. The topological polar surface area (TPSA) is 123 Å². The first-order valence-electron chi connectivity index (χ1n) is 10.5. The highest BCUT2D eigenvalue weighted by molar-refractivity contribution is 7.89. The summed E-state index contributed by atoms with van der Waals surface area (Å²) in [6.07, 6.45) is 0.245. The molecule has 0 saturated carbocycles. The van der Waals surface area contributed by atoms with Gasteiger partial charge in [-0.15, -0.1) is 0 Å². The average molecular weight is 477 g/mol. The average Bonchev–Trinajstić information content (AvgIpc) is 3.30. The van der Waals surface area contributed by atoms with E-state index < -0.39 is 27.6 Å². The van der Waals surface area contributed by atoms with Crippen molar-refractivity contribution in [2.45, 2.75) is 31.0 Å². The van der Waals surface area contributed by atoms with Crippen LogP contribution in [0.3, 0.4) is 0 Å². The van der Waals surface area contributed by atoms with Gasteiger partial charge >= 0.3 is 11.9 Å². The van der Waals surface area contributed by atoms with E-state index in [0.29, 0.717) is 5.56 Å². The molecule has 0 radical (unpaired) electrons. The zero-order valence-electron chi connectivity index (χ0n) is 18.3. The van der Waals surface area contributed by atoms with Crippen LogP contribution in [0.1, 0.15) is 40.3 Å². The number of furan rings is 1. The minimum absolute atomic E-state index is 0.0319. The third kappa shape index (κ3) is 4.25. The molecule has 3 heterocycles. The van der Waals surface area contributed by atoms with Crippen LogP contribution >= 0.6 is 0 Å². The van der Waals surface area contributed by atoms with Gasteiger partial charge in [-0.2, -0.15) is 4.31 Å². The van der Waals surface area contributed by atoms with Crippen molar-refractivity contribution in [2.24, 2.45) is 0 Å². The molecule has 1 atom stereocenters. The zero-order valence-corrected chi connectivity index (χ0v) is 19.1. The summed E-state index contributed by atoms with van der Waals surface area (Å²) in [4.78, 5) is 38.9. The van der Waals surface area contributed by atoms with E-state index in [1.807, 2.05) is 0 Å². The molecule has 176 valence electrons. The Bertz CT molecular complexity index is 1200. The highest BCUT2D eigenvalue weighted by Gasteiger charge is 2.46. The molecule has 2 aliphatic heterocycles. The third-order valence-corrected chi connectivity index (χ3v) is 7.49. The van der Waals surface area contributed by atoms with Crippen LogP contribution < -0.4 is 0 Å². The minimum atomic E-state index is -3.99. The predicted molar refractivity (Wildman–Crippen MR) is 114 cm³/mol. The molecule has 0 aliphatic carbocycles. The lowest BCUT2D eigenvalue weighted by molar-refractivity contribution is -0.152. The normalized spacial score (nSPS) is 21.3. The maximum Gasteiger partial charge on any atom is 0.374 e. The molecule has 0 N–H and O–H groups in total. The van der Waals surface area contributed by atoms with Crippen molar-refractivity contribution in [1.82, 2.24) is 9.21 Å². The number of esters is 2. The van der Waals surface area contributed by atoms with E-state index in [-0.39, 0.29) is 56.0 Å². The number of carbonyl (C=O) groups excluding carboxylic acids is 3. The number of carbonyl (C=O) groups is 3. The van der Waals surface area contributed by atoms with Crippen LogP contribution in [0, 0.1) is 0 Å². The van der Waals surface area contributed by atoms with Crippen LogP contribution in [0.2, 0.25) is 0 Å². The van der Waals surface area contributed by atoms with Crippen LogP contribution in [0.15, 0.2) is 45.9 Å². The Morgan fingerprint density at radius 2 is 1.79 bits per heavy atom. The SMILES string of the molecule is CCOC(=O)c1ccc(S(=O)(=O)N2CCN(C(=O)C3(C)Cc4ccccc4C(=O)O3)CC2)o1. The second kappa shape index (κ2) is 8.64. The number of hydrogen-bond donors (Lipinski definition) is 0. The number of cyclic esters (lactones) is 1. The minimum Gasteiger partial charge on any atom is -0.460 e. The summed E-state index contributed by atoms with van der Waals surface area (Å²) in [5, 5.41) is -0.366. The highest BCUT2D eigenvalue weighted by atomic mass is 32.2. The van der Waals surface area contributed by atoms with Gasteiger partial charge in [-0.05, 0) is 37.6 Å². The Morgan fingerprint density at radius 3 is 2.48 bits per heavy atom. The lowest BCUT2D eigenvalue weighted by Crippen LogP contribution is -2.58. The van der Waals surface area contributed by atoms with Crippen LogP contribution in [0.25, 0.3) is 0 Å². The molecule has 1 aromatic carbocycles. The van der Waals surface area contributed by atoms with Crippen molar-refractivity contribution in [3.05, 3.63) is 53.3 Å². The summed E-state index contributed by atoms with van der Waals surface area (Å²) >= 11 is 0. The van der Waals surface area contributed by atoms with Crippen molar-refractivity contribution in [3.63, 3.8) is 0 Å². The number of piperazine rings is 1. The Kier molecular flexibility index (Phi) is 6.02. The molecule has 4 rings (SSSR count). The molecule has 1 saturated heterocycles. The summed E-state index contributed by atoms with van der Waals surface area (Å²) in [6, 6.07) is 9.44. The fourth-order valence-electron chi connectivity index (χ4n) is 4.02. The van der Waals surface area contributed by atoms with Gasteiger partial charge in [0.05, 0.1) is 12.2 Å². The number of fused-ring (bicyclic) bond motifs is 1. The van der Waals surface area contributed by atoms with Crippen LogP contribution in [-0.4, -0.2) is 73.9 Å². The predicted octanol–water partition coefficient (Wildman–Crippen LogP) is 1.46. The maximum absolute atomic E-state index is 13.2. The molecule has 33 heavy (non-hydrogen) atoms. The van der Waals surface area contributed by atoms with E-state index in [0.717, 1.165) is 5.56 Å². The second-order valence-corrected chi connectivity index (χ2v) is 9.86. The van der Waals surface area contributed by atoms with E-state index >= 15 is 0 Å². The summed E-state index contributed by atoms with van der Waals surface area (Å²) in [5.74, 6) is -1.86. The third-order valence-electron chi connectivity index (χ3n) is 5.71. The van der Waals surface area contributed by atoms with E-state index in [1.54, 1.807) is 38.1 Å². The molecule has 0 spiro atoms. The van der Waals surface area contributed by atoms with Gasteiger partial charge in [-0.1, -0.05) is 18.2 Å². The van der Waals surface area contributed by atoms with Gasteiger partial charge in [0.2, 0.25) is 10.9 Å². The number of sulfonamides is 1. The highest BCUT2D eigenvalue weighted by Crippen LogP contribution is 2.30. The largest absolute Gasteiger partial charge is 0.460 e. The van der Waals surface area contributed by atoms with Gasteiger partial charge in [0.1, 0.15) is 0 Å². The monoisotopic (exact) mass is 476 g/mol. The molecule has 0 bridgehead atoms. The molecule has 1 amide bonds. The van der Waals surface area contributed by atoms with Crippen molar-refractivity contribution >= 4 is 27.9 Å². The van der Waals surface area contributed by atoms with Gasteiger partial charge in [-0.3, -0.25) is 4.79 Å². The fourth-order valence-corrected chi connectivity index (χ4v) is 5.35. The van der Waals surface area contributed by atoms with Crippen molar-refractivity contribution in [3.8, 4) is 0 Å². The zero-order chi connectivity index (χ0) is 23.8. The Labute approximate surface area is 191 Å². The van der Waals surface area contributed by atoms with Gasteiger partial charge < -0.3 is 18.8 Å². The van der Waals surface area contributed by atoms with Crippen molar-refractivity contribution in [1.29, 1.82) is 0 Å². The molecule has 11 heteroatoms. The Morgan fingerprint density at radius 1 is 1.09 bits per heavy atom. The molecule has 1 unspecified atom stereocenters. The van der Waals surface area contributed by atoms with Crippen LogP contribution in [-0.2, 0) is 30.7 Å². The summed E-state index contributed by atoms with van der Waals surface area (Å²) < 4.78 is 42.5. The number of benzene rings is 1. The van der Waals surface area contributed by atoms with Gasteiger partial charge in [0.15, 0.2) is 5.60 Å².